The molecule has 0 spiro atoms. The number of carbonyl (C=O) groups is 1. The van der Waals surface area contributed by atoms with E-state index in [9.17, 15) is 14.4 Å². The molecule has 1 aliphatic rings. The molecule has 1 aliphatic heterocycles. The first-order valence-electron chi connectivity index (χ1n) is 8.92. The summed E-state index contributed by atoms with van der Waals surface area (Å²) >= 11 is 1.33. The Morgan fingerprint density at radius 2 is 2.15 bits per heavy atom. The van der Waals surface area contributed by atoms with Crippen molar-refractivity contribution in [3.8, 4) is 0 Å². The maximum Gasteiger partial charge on any atom is 0.419 e. The largest absolute Gasteiger partial charge is 0.464 e. The average molecular weight is 396 g/mol. The average Bonchev–Trinajstić information content (AvgIpc) is 3.19. The van der Waals surface area contributed by atoms with Gasteiger partial charge in [-0.15, -0.1) is 11.3 Å². The second-order valence-electron chi connectivity index (χ2n) is 6.91. The molecule has 3 heterocycles. The third kappa shape index (κ3) is 3.78. The van der Waals surface area contributed by atoms with Crippen molar-refractivity contribution in [2.45, 2.75) is 58.8 Å². The van der Waals surface area contributed by atoms with Crippen LogP contribution in [0.5, 0.6) is 0 Å². The van der Waals surface area contributed by atoms with Crippen molar-refractivity contribution < 1.29 is 14.6 Å². The lowest BCUT2D eigenvalue weighted by Crippen LogP contribution is -2.42. The van der Waals surface area contributed by atoms with Gasteiger partial charge in [-0.1, -0.05) is 0 Å². The number of rotatable bonds is 6. The van der Waals surface area contributed by atoms with Gasteiger partial charge in [0, 0.05) is 24.1 Å². The standard InChI is InChI=1S/C17H24N4O5S/c1-9(2)21-14(22)13-10(3)12(7-18-19-16(23)24)27-15(13)20(17(21)25)8-11-5-4-6-26-11/h9,11,18-19H,4-8H2,1-3H3,(H,23,24). The summed E-state index contributed by atoms with van der Waals surface area (Å²) in [5.74, 6) is 0. The molecule has 2 aromatic heterocycles. The molecule has 0 radical (unpaired) electrons. The van der Waals surface area contributed by atoms with Crippen LogP contribution >= 0.6 is 11.3 Å². The Morgan fingerprint density at radius 3 is 2.74 bits per heavy atom. The van der Waals surface area contributed by atoms with E-state index in [4.69, 9.17) is 9.84 Å². The molecule has 2 aromatic rings. The van der Waals surface area contributed by atoms with E-state index in [1.54, 1.807) is 4.57 Å². The van der Waals surface area contributed by atoms with Gasteiger partial charge in [-0.25, -0.2) is 15.0 Å². The third-order valence-electron chi connectivity index (χ3n) is 4.71. The van der Waals surface area contributed by atoms with Crippen molar-refractivity contribution in [3.63, 3.8) is 0 Å². The molecule has 0 aliphatic carbocycles. The highest BCUT2D eigenvalue weighted by Crippen LogP contribution is 2.28. The molecule has 27 heavy (non-hydrogen) atoms. The predicted octanol–water partition coefficient (Wildman–Crippen LogP) is 1.57. The van der Waals surface area contributed by atoms with Crippen molar-refractivity contribution >= 4 is 27.6 Å². The van der Waals surface area contributed by atoms with Crippen LogP contribution in [0.15, 0.2) is 9.59 Å². The fourth-order valence-corrected chi connectivity index (χ4v) is 4.63. The van der Waals surface area contributed by atoms with E-state index >= 15 is 0 Å². The van der Waals surface area contributed by atoms with Gasteiger partial charge in [0.1, 0.15) is 4.83 Å². The number of aromatic nitrogens is 2. The molecule has 3 rings (SSSR count). The van der Waals surface area contributed by atoms with Gasteiger partial charge in [0.15, 0.2) is 0 Å². The topological polar surface area (TPSA) is 115 Å². The van der Waals surface area contributed by atoms with Crippen molar-refractivity contribution in [2.75, 3.05) is 6.61 Å². The molecule has 1 atom stereocenters. The molecular formula is C17H24N4O5S. The zero-order valence-electron chi connectivity index (χ0n) is 15.6. The number of aryl methyl sites for hydroxylation is 1. The number of nitrogens with one attached hydrogen (secondary N) is 2. The van der Waals surface area contributed by atoms with Crippen LogP contribution in [0.2, 0.25) is 0 Å². The van der Waals surface area contributed by atoms with Crippen LogP contribution < -0.4 is 22.1 Å². The number of nitrogens with zero attached hydrogens (tertiary/aromatic N) is 2. The van der Waals surface area contributed by atoms with Crippen LogP contribution in [0.1, 0.15) is 43.2 Å². The fraction of sp³-hybridized carbons (Fsp3) is 0.588. The Bertz CT molecular complexity index is 968. The predicted molar refractivity (Wildman–Crippen MR) is 102 cm³/mol. The van der Waals surface area contributed by atoms with Gasteiger partial charge in [0.25, 0.3) is 5.56 Å². The molecule has 1 unspecified atom stereocenters. The summed E-state index contributed by atoms with van der Waals surface area (Å²) in [6, 6.07) is -0.264. The minimum Gasteiger partial charge on any atom is -0.464 e. The van der Waals surface area contributed by atoms with Crippen molar-refractivity contribution in [3.05, 3.63) is 31.3 Å². The molecule has 0 aromatic carbocycles. The summed E-state index contributed by atoms with van der Waals surface area (Å²) in [6.07, 6.45) is 0.620. The number of ether oxygens (including phenoxy) is 1. The van der Waals surface area contributed by atoms with Crippen LogP contribution in [0.25, 0.3) is 10.2 Å². The van der Waals surface area contributed by atoms with Crippen LogP contribution in [0, 0.1) is 6.92 Å². The molecule has 9 nitrogen and oxygen atoms in total. The smallest absolute Gasteiger partial charge is 0.419 e. The van der Waals surface area contributed by atoms with Crippen molar-refractivity contribution in [1.82, 2.24) is 20.0 Å². The van der Waals surface area contributed by atoms with Crippen LogP contribution in [-0.2, 0) is 17.8 Å². The molecule has 1 saturated heterocycles. The van der Waals surface area contributed by atoms with E-state index in [1.165, 1.54) is 15.9 Å². The highest BCUT2D eigenvalue weighted by Gasteiger charge is 2.24. The Balaban J connectivity index is 2.14. The molecule has 1 amide bonds. The second kappa shape index (κ2) is 7.83. The zero-order valence-corrected chi connectivity index (χ0v) is 16.4. The number of hydrazine groups is 1. The highest BCUT2D eigenvalue weighted by atomic mass is 32.1. The molecule has 3 N–H and O–H groups in total. The first kappa shape index (κ1) is 19.6. The number of fused-ring (bicyclic) bond motifs is 1. The summed E-state index contributed by atoms with van der Waals surface area (Å²) in [6.45, 7) is 6.77. The fourth-order valence-electron chi connectivity index (χ4n) is 3.39. The molecule has 1 fully saturated rings. The van der Waals surface area contributed by atoms with Crippen LogP contribution in [0.3, 0.4) is 0 Å². The first-order valence-corrected chi connectivity index (χ1v) is 9.73. The Hall–Kier alpha value is -2.17. The quantitative estimate of drug-likeness (QED) is 0.639. The van der Waals surface area contributed by atoms with E-state index in [2.05, 4.69) is 10.9 Å². The van der Waals surface area contributed by atoms with Crippen LogP contribution in [0.4, 0.5) is 4.79 Å². The van der Waals surface area contributed by atoms with Gasteiger partial charge >= 0.3 is 11.8 Å². The van der Waals surface area contributed by atoms with E-state index in [0.29, 0.717) is 23.4 Å². The Morgan fingerprint density at radius 1 is 1.41 bits per heavy atom. The zero-order chi connectivity index (χ0) is 19.7. The summed E-state index contributed by atoms with van der Waals surface area (Å²) in [7, 11) is 0. The molecule has 10 heteroatoms. The van der Waals surface area contributed by atoms with E-state index in [0.717, 1.165) is 23.3 Å². The first-order chi connectivity index (χ1) is 12.8. The highest BCUT2D eigenvalue weighted by molar-refractivity contribution is 7.18. The van der Waals surface area contributed by atoms with E-state index < -0.39 is 6.09 Å². The van der Waals surface area contributed by atoms with Gasteiger partial charge in [-0.2, -0.15) is 0 Å². The monoisotopic (exact) mass is 396 g/mol. The lowest BCUT2D eigenvalue weighted by Gasteiger charge is -2.17. The second-order valence-corrected chi connectivity index (χ2v) is 7.99. The minimum atomic E-state index is -1.19. The van der Waals surface area contributed by atoms with Gasteiger partial charge in [0.2, 0.25) is 0 Å². The molecule has 0 saturated carbocycles. The summed E-state index contributed by atoms with van der Waals surface area (Å²) in [4.78, 5) is 38.1. The number of carboxylic acid groups (broad SMARTS) is 1. The van der Waals surface area contributed by atoms with Crippen LogP contribution in [-0.4, -0.2) is 33.0 Å². The maximum atomic E-state index is 13.0. The Labute approximate surface area is 159 Å². The normalized spacial score (nSPS) is 17.1. The summed E-state index contributed by atoms with van der Waals surface area (Å²) in [5.41, 5.74) is 4.83. The number of hydrogen-bond acceptors (Lipinski definition) is 6. The van der Waals surface area contributed by atoms with Gasteiger partial charge in [0.05, 0.1) is 18.0 Å². The van der Waals surface area contributed by atoms with Crippen molar-refractivity contribution in [1.29, 1.82) is 0 Å². The lowest BCUT2D eigenvalue weighted by molar-refractivity contribution is 0.0965. The number of amides is 1. The summed E-state index contributed by atoms with van der Waals surface area (Å²) in [5, 5.41) is 9.21. The third-order valence-corrected chi connectivity index (χ3v) is 6.03. The number of thiophene rings is 1. The van der Waals surface area contributed by atoms with E-state index in [-0.39, 0.29) is 29.9 Å². The Kier molecular flexibility index (Phi) is 5.68. The van der Waals surface area contributed by atoms with Gasteiger partial charge in [-0.3, -0.25) is 19.4 Å². The minimum absolute atomic E-state index is 0.0401. The molecule has 148 valence electrons. The SMILES string of the molecule is Cc1c(CNNC(=O)O)sc2c1c(=O)n(C(C)C)c(=O)n2CC1CCCO1. The van der Waals surface area contributed by atoms with Gasteiger partial charge < -0.3 is 9.84 Å². The van der Waals surface area contributed by atoms with Crippen molar-refractivity contribution in [2.24, 2.45) is 0 Å². The lowest BCUT2D eigenvalue weighted by atomic mass is 10.2. The molecule has 0 bridgehead atoms. The van der Waals surface area contributed by atoms with Gasteiger partial charge in [-0.05, 0) is 39.2 Å². The summed E-state index contributed by atoms with van der Waals surface area (Å²) < 4.78 is 8.61. The maximum absolute atomic E-state index is 13.0. The van der Waals surface area contributed by atoms with E-state index in [1.807, 2.05) is 20.8 Å². The molecular weight excluding hydrogens is 372 g/mol. The number of hydrogen-bond donors (Lipinski definition) is 3.